The number of rotatable bonds is 7. The average molecular weight is 495 g/mol. The Kier molecular flexibility index (Phi) is 7.00. The number of alkyl carbamates (subject to hydrolysis) is 1. The van der Waals surface area contributed by atoms with Crippen molar-refractivity contribution in [3.63, 3.8) is 0 Å². The number of fused-ring (bicyclic) bond motifs is 3. The number of hydrogen-bond acceptors (Lipinski definition) is 5. The van der Waals surface area contributed by atoms with Gasteiger partial charge in [0.25, 0.3) is 0 Å². The van der Waals surface area contributed by atoms with E-state index in [1.165, 1.54) is 34.0 Å². The summed E-state index contributed by atoms with van der Waals surface area (Å²) in [5.74, 6) is 0.549. The van der Waals surface area contributed by atoms with E-state index in [4.69, 9.17) is 4.74 Å². The van der Waals surface area contributed by atoms with Crippen LogP contribution in [0.15, 0.2) is 48.5 Å². The van der Waals surface area contributed by atoms with Gasteiger partial charge in [-0.1, -0.05) is 48.5 Å². The Hall–Kier alpha value is -3.00. The van der Waals surface area contributed by atoms with Crippen LogP contribution in [-0.4, -0.2) is 65.2 Å². The quantitative estimate of drug-likeness (QED) is 0.605. The molecule has 0 aromatic heterocycles. The maximum atomic E-state index is 12.6. The second-order valence-corrected chi connectivity index (χ2v) is 11.0. The van der Waals surface area contributed by atoms with Gasteiger partial charge in [-0.15, -0.1) is 11.8 Å². The maximum Gasteiger partial charge on any atom is 0.407 e. The van der Waals surface area contributed by atoms with E-state index in [0.717, 1.165) is 12.8 Å². The minimum absolute atomic E-state index is 0.0427. The molecule has 8 heteroatoms. The van der Waals surface area contributed by atoms with E-state index in [9.17, 15) is 19.5 Å². The van der Waals surface area contributed by atoms with E-state index in [0.29, 0.717) is 50.3 Å². The number of carboxylic acid groups (broad SMARTS) is 1. The van der Waals surface area contributed by atoms with Crippen molar-refractivity contribution >= 4 is 29.7 Å². The Morgan fingerprint density at radius 1 is 1.00 bits per heavy atom. The number of nitrogens with one attached hydrogen (secondary N) is 1. The summed E-state index contributed by atoms with van der Waals surface area (Å²) in [5.41, 5.74) is 4.79. The van der Waals surface area contributed by atoms with Gasteiger partial charge < -0.3 is 20.1 Å². The highest BCUT2D eigenvalue weighted by Gasteiger charge is 2.35. The Morgan fingerprint density at radius 3 is 2.31 bits per heavy atom. The van der Waals surface area contributed by atoms with Crippen LogP contribution in [0.3, 0.4) is 0 Å². The lowest BCUT2D eigenvalue weighted by atomic mass is 9.73. The summed E-state index contributed by atoms with van der Waals surface area (Å²) in [4.78, 5) is 37.8. The Morgan fingerprint density at radius 2 is 1.66 bits per heavy atom. The van der Waals surface area contributed by atoms with Crippen LogP contribution in [0.5, 0.6) is 0 Å². The van der Waals surface area contributed by atoms with Gasteiger partial charge in [-0.2, -0.15) is 0 Å². The molecule has 1 atom stereocenters. The first-order valence-electron chi connectivity index (χ1n) is 12.2. The second-order valence-electron chi connectivity index (χ2n) is 9.65. The van der Waals surface area contributed by atoms with Gasteiger partial charge in [0.2, 0.25) is 5.91 Å². The third-order valence-corrected chi connectivity index (χ3v) is 8.54. The van der Waals surface area contributed by atoms with Crippen LogP contribution in [0.2, 0.25) is 0 Å². The molecule has 7 nitrogen and oxygen atoms in total. The zero-order valence-electron chi connectivity index (χ0n) is 19.5. The fraction of sp³-hybridized carbons (Fsp3) is 0.444. The van der Waals surface area contributed by atoms with Crippen molar-refractivity contribution in [3.05, 3.63) is 59.7 Å². The molecule has 2 N–H and O–H groups in total. The molecule has 0 radical (unpaired) electrons. The van der Waals surface area contributed by atoms with Crippen molar-refractivity contribution in [1.82, 2.24) is 10.2 Å². The van der Waals surface area contributed by atoms with Crippen LogP contribution in [0.1, 0.15) is 36.3 Å². The van der Waals surface area contributed by atoms with Crippen molar-refractivity contribution in [2.45, 2.75) is 30.4 Å². The molecule has 1 saturated heterocycles. The molecule has 35 heavy (non-hydrogen) atoms. The maximum absolute atomic E-state index is 12.6. The van der Waals surface area contributed by atoms with Crippen molar-refractivity contribution in [1.29, 1.82) is 0 Å². The molecule has 3 aliphatic rings. The number of carbonyl (C=O) groups is 3. The molecule has 0 bridgehead atoms. The molecule has 2 aromatic carbocycles. The number of ether oxygens (including phenoxy) is 1. The molecular weight excluding hydrogens is 464 g/mol. The van der Waals surface area contributed by atoms with Crippen molar-refractivity contribution in [2.24, 2.45) is 11.8 Å². The first-order chi connectivity index (χ1) is 17.0. The van der Waals surface area contributed by atoms with E-state index in [-0.39, 0.29) is 11.8 Å². The van der Waals surface area contributed by atoms with Gasteiger partial charge in [-0.3, -0.25) is 9.59 Å². The van der Waals surface area contributed by atoms with E-state index < -0.39 is 17.3 Å². The Bertz CT molecular complexity index is 1070. The number of carbonyl (C=O) groups excluding carboxylic acids is 2. The zero-order chi connectivity index (χ0) is 24.4. The molecule has 1 unspecified atom stereocenters. The third kappa shape index (κ3) is 5.17. The van der Waals surface area contributed by atoms with Crippen LogP contribution >= 0.6 is 11.8 Å². The predicted molar refractivity (Wildman–Crippen MR) is 134 cm³/mol. The molecular formula is C27H30N2O5S. The topological polar surface area (TPSA) is 95.9 Å². The Balaban J connectivity index is 1.03. The molecule has 2 aliphatic carbocycles. The number of benzene rings is 2. The number of carboxylic acids is 1. The van der Waals surface area contributed by atoms with Crippen LogP contribution in [0.4, 0.5) is 4.79 Å². The predicted octanol–water partition coefficient (Wildman–Crippen LogP) is 3.97. The first kappa shape index (κ1) is 23.7. The van der Waals surface area contributed by atoms with Gasteiger partial charge >= 0.3 is 12.1 Å². The standard InChI is InChI=1S/C27H30N2O5S/c30-25(29-9-10-35-24(15-29)26(31)32)13-17-11-18(12-17)14-28-27(33)34-16-23-21-7-3-1-5-19(21)20-6-2-4-8-22(20)23/h1-8,17-18,23-24H,9-16H2,(H,28,33)(H,31,32). The summed E-state index contributed by atoms with van der Waals surface area (Å²) < 4.78 is 5.60. The minimum atomic E-state index is -0.851. The summed E-state index contributed by atoms with van der Waals surface area (Å²) in [6, 6.07) is 16.5. The number of hydrogen-bond donors (Lipinski definition) is 2. The van der Waals surface area contributed by atoms with E-state index in [2.05, 4.69) is 29.6 Å². The average Bonchev–Trinajstić information content (AvgIpc) is 3.17. The van der Waals surface area contributed by atoms with Crippen LogP contribution < -0.4 is 5.32 Å². The van der Waals surface area contributed by atoms with E-state index in [1.54, 1.807) is 4.90 Å². The van der Waals surface area contributed by atoms with Gasteiger partial charge in [0.05, 0.1) is 0 Å². The molecule has 1 saturated carbocycles. The smallest absolute Gasteiger partial charge is 0.407 e. The summed E-state index contributed by atoms with van der Waals surface area (Å²) >= 11 is 1.40. The molecule has 1 aliphatic heterocycles. The third-order valence-electron chi connectivity index (χ3n) is 7.37. The Labute approximate surface area is 209 Å². The van der Waals surface area contributed by atoms with Gasteiger partial charge in [0.15, 0.2) is 0 Å². The first-order valence-corrected chi connectivity index (χ1v) is 13.3. The number of nitrogens with zero attached hydrogens (tertiary/aromatic N) is 1. The molecule has 2 amide bonds. The highest BCUT2D eigenvalue weighted by Crippen LogP contribution is 2.44. The molecule has 184 valence electrons. The van der Waals surface area contributed by atoms with E-state index >= 15 is 0 Å². The van der Waals surface area contributed by atoms with Gasteiger partial charge in [0, 0.05) is 37.7 Å². The highest BCUT2D eigenvalue weighted by molar-refractivity contribution is 8.00. The summed E-state index contributed by atoms with van der Waals surface area (Å²) in [6.07, 6.45) is 1.83. The molecule has 5 rings (SSSR count). The largest absolute Gasteiger partial charge is 0.480 e. The highest BCUT2D eigenvalue weighted by atomic mass is 32.2. The van der Waals surface area contributed by atoms with Gasteiger partial charge in [-0.25, -0.2) is 4.79 Å². The molecule has 2 aromatic rings. The molecule has 2 fully saturated rings. The minimum Gasteiger partial charge on any atom is -0.480 e. The monoisotopic (exact) mass is 494 g/mol. The van der Waals surface area contributed by atoms with Crippen molar-refractivity contribution in [2.75, 3.05) is 32.0 Å². The van der Waals surface area contributed by atoms with Crippen molar-refractivity contribution in [3.8, 4) is 11.1 Å². The number of thioether (sulfide) groups is 1. The second kappa shape index (κ2) is 10.3. The normalized spacial score (nSPS) is 23.1. The number of amides is 2. The number of aliphatic carboxylic acids is 1. The van der Waals surface area contributed by atoms with Crippen LogP contribution in [0, 0.1) is 11.8 Å². The fourth-order valence-corrected chi connectivity index (χ4v) is 6.52. The summed E-state index contributed by atoms with van der Waals surface area (Å²) in [5, 5.41) is 11.6. The lowest BCUT2D eigenvalue weighted by Gasteiger charge is -2.37. The van der Waals surface area contributed by atoms with Crippen LogP contribution in [0.25, 0.3) is 11.1 Å². The van der Waals surface area contributed by atoms with Gasteiger partial charge in [-0.05, 0) is 46.9 Å². The SMILES string of the molecule is O=C(NCC1CC(CC(=O)N2CCSC(C(=O)O)C2)C1)OCC1c2ccccc2-c2ccccc21. The van der Waals surface area contributed by atoms with Crippen LogP contribution in [-0.2, 0) is 14.3 Å². The van der Waals surface area contributed by atoms with Gasteiger partial charge in [0.1, 0.15) is 11.9 Å². The summed E-state index contributed by atoms with van der Waals surface area (Å²) in [7, 11) is 0. The lowest BCUT2D eigenvalue weighted by molar-refractivity contribution is -0.138. The van der Waals surface area contributed by atoms with E-state index in [1.807, 2.05) is 24.3 Å². The summed E-state index contributed by atoms with van der Waals surface area (Å²) in [6.45, 7) is 1.75. The van der Waals surface area contributed by atoms with Crippen molar-refractivity contribution < 1.29 is 24.2 Å². The zero-order valence-corrected chi connectivity index (χ0v) is 20.3. The molecule has 0 spiro atoms. The lowest BCUT2D eigenvalue weighted by Crippen LogP contribution is -2.46. The molecule has 1 heterocycles. The fourth-order valence-electron chi connectivity index (χ4n) is 5.49.